The molecule has 0 saturated heterocycles. The molecule has 0 bridgehead atoms. The van der Waals surface area contributed by atoms with Crippen molar-refractivity contribution in [1.29, 1.82) is 0 Å². The summed E-state index contributed by atoms with van der Waals surface area (Å²) in [5.74, 6) is 0. The molecule has 0 amide bonds. The maximum atomic E-state index is 3.82. The third kappa shape index (κ3) is 3.36. The van der Waals surface area contributed by atoms with Crippen molar-refractivity contribution in [3.63, 3.8) is 0 Å². The highest BCUT2D eigenvalue weighted by atomic mass is 29.2. The Labute approximate surface area is 74.2 Å². The van der Waals surface area contributed by atoms with E-state index in [1.54, 1.807) is 0 Å². The molecule has 0 aromatic rings. The molecule has 0 atom stereocenters. The van der Waals surface area contributed by atoms with Crippen LogP contribution in [0.4, 0.5) is 0 Å². The smallest absolute Gasteiger partial charge is 0.111 e. The molecule has 64 valence electrons. The minimum absolute atomic E-state index is 0.964. The van der Waals surface area contributed by atoms with E-state index in [1.807, 2.05) is 0 Å². The standard InChI is InChI=1S/C8H19NSi2/c1-6-9(7-2)11(4,5)10-8-3/h8H,3,6-7H2,1-2,4-5H3. The highest BCUT2D eigenvalue weighted by Crippen LogP contribution is 2.07. The molecular weight excluding hydrogens is 166 g/mol. The second kappa shape index (κ2) is 4.90. The van der Waals surface area contributed by atoms with Gasteiger partial charge in [-0.2, -0.15) is 0 Å². The first kappa shape index (κ1) is 11.1. The van der Waals surface area contributed by atoms with Gasteiger partial charge in [0.25, 0.3) is 0 Å². The summed E-state index contributed by atoms with van der Waals surface area (Å²) in [7, 11) is -0.125. The van der Waals surface area contributed by atoms with Crippen LogP contribution in [0.15, 0.2) is 12.3 Å². The first-order chi connectivity index (χ1) is 5.08. The van der Waals surface area contributed by atoms with Gasteiger partial charge in [-0.25, -0.2) is 0 Å². The first-order valence-electron chi connectivity index (χ1n) is 4.22. The van der Waals surface area contributed by atoms with Crippen LogP contribution >= 0.6 is 0 Å². The molecular formula is C8H19NSi2. The number of nitrogens with zero attached hydrogens (tertiary/aromatic N) is 1. The van der Waals surface area contributed by atoms with Gasteiger partial charge in [0.05, 0.1) is 9.04 Å². The van der Waals surface area contributed by atoms with Crippen LogP contribution in [0.1, 0.15) is 13.8 Å². The SMILES string of the molecule is C=C[Si][Si](C)(C)N(CC)CC. The van der Waals surface area contributed by atoms with Gasteiger partial charge >= 0.3 is 0 Å². The van der Waals surface area contributed by atoms with Crippen LogP contribution in [0.2, 0.25) is 13.1 Å². The lowest BCUT2D eigenvalue weighted by atomic mass is 10.7. The quantitative estimate of drug-likeness (QED) is 0.591. The van der Waals surface area contributed by atoms with Crippen LogP contribution in [-0.4, -0.2) is 34.4 Å². The molecule has 0 aliphatic heterocycles. The van der Waals surface area contributed by atoms with Crippen molar-refractivity contribution in [2.24, 2.45) is 0 Å². The topological polar surface area (TPSA) is 3.24 Å². The molecule has 0 N–H and O–H groups in total. The summed E-state index contributed by atoms with van der Waals surface area (Å²) in [6, 6.07) is 0. The van der Waals surface area contributed by atoms with Gasteiger partial charge in [0.2, 0.25) is 0 Å². The fourth-order valence-electron chi connectivity index (χ4n) is 1.36. The zero-order valence-corrected chi connectivity index (χ0v) is 10.1. The van der Waals surface area contributed by atoms with Crippen LogP contribution in [0.25, 0.3) is 0 Å². The molecule has 11 heavy (non-hydrogen) atoms. The Balaban J connectivity index is 4.10. The molecule has 0 aromatic heterocycles. The van der Waals surface area contributed by atoms with Crippen molar-refractivity contribution in [2.75, 3.05) is 13.1 Å². The zero-order chi connectivity index (χ0) is 8.91. The van der Waals surface area contributed by atoms with Gasteiger partial charge in [-0.15, -0.1) is 12.3 Å². The fourth-order valence-corrected chi connectivity index (χ4v) is 6.61. The molecule has 0 fully saturated rings. The normalized spacial score (nSPS) is 12.1. The summed E-state index contributed by atoms with van der Waals surface area (Å²) in [5.41, 5.74) is 2.09. The van der Waals surface area contributed by atoms with Crippen molar-refractivity contribution in [3.8, 4) is 0 Å². The molecule has 0 aromatic carbocycles. The van der Waals surface area contributed by atoms with E-state index in [1.165, 1.54) is 13.1 Å². The van der Waals surface area contributed by atoms with Gasteiger partial charge in [-0.3, -0.25) is 0 Å². The molecule has 1 nitrogen and oxygen atoms in total. The van der Waals surface area contributed by atoms with Crippen molar-refractivity contribution in [1.82, 2.24) is 4.57 Å². The van der Waals surface area contributed by atoms with E-state index < -0.39 is 7.75 Å². The number of rotatable bonds is 5. The lowest BCUT2D eigenvalue weighted by molar-refractivity contribution is 0.478. The third-order valence-corrected chi connectivity index (χ3v) is 8.81. The van der Waals surface area contributed by atoms with Gasteiger partial charge in [-0.1, -0.05) is 26.9 Å². The van der Waals surface area contributed by atoms with Crippen molar-refractivity contribution in [3.05, 3.63) is 12.3 Å². The molecule has 0 unspecified atom stereocenters. The summed E-state index contributed by atoms with van der Waals surface area (Å²) >= 11 is 0. The average molecular weight is 185 g/mol. The van der Waals surface area contributed by atoms with Crippen molar-refractivity contribution >= 4 is 16.8 Å². The zero-order valence-electron chi connectivity index (χ0n) is 8.15. The second-order valence-corrected chi connectivity index (χ2v) is 12.1. The second-order valence-electron chi connectivity index (χ2n) is 3.08. The molecule has 3 heteroatoms. The first-order valence-corrected chi connectivity index (χ1v) is 9.24. The molecule has 0 heterocycles. The number of hydrogen-bond acceptors (Lipinski definition) is 1. The average Bonchev–Trinajstić information content (AvgIpc) is 1.89. The van der Waals surface area contributed by atoms with Crippen molar-refractivity contribution in [2.45, 2.75) is 26.9 Å². The monoisotopic (exact) mass is 185 g/mol. The van der Waals surface area contributed by atoms with E-state index in [0.717, 1.165) is 9.04 Å². The summed E-state index contributed by atoms with van der Waals surface area (Å²) in [6.07, 6.45) is 0. The van der Waals surface area contributed by atoms with Crippen LogP contribution in [0, 0.1) is 0 Å². The van der Waals surface area contributed by atoms with Gasteiger partial charge in [0, 0.05) is 0 Å². The minimum atomic E-state index is -1.09. The van der Waals surface area contributed by atoms with E-state index in [0.29, 0.717) is 0 Å². The predicted octanol–water partition coefficient (Wildman–Crippen LogP) is 1.88. The van der Waals surface area contributed by atoms with E-state index in [2.05, 4.69) is 43.8 Å². The van der Waals surface area contributed by atoms with Crippen LogP contribution in [-0.2, 0) is 0 Å². The highest BCUT2D eigenvalue weighted by Gasteiger charge is 2.25. The summed E-state index contributed by atoms with van der Waals surface area (Å²) < 4.78 is 2.60. The molecule has 2 radical (unpaired) electrons. The third-order valence-electron chi connectivity index (χ3n) is 2.01. The highest BCUT2D eigenvalue weighted by molar-refractivity contribution is 7.23. The van der Waals surface area contributed by atoms with Gasteiger partial charge < -0.3 is 4.57 Å². The Hall–Kier alpha value is 0.134. The molecule has 0 aliphatic rings. The van der Waals surface area contributed by atoms with E-state index >= 15 is 0 Å². The Kier molecular flexibility index (Phi) is 4.96. The molecule has 0 rings (SSSR count). The van der Waals surface area contributed by atoms with Gasteiger partial charge in [0.15, 0.2) is 0 Å². The fraction of sp³-hybridized carbons (Fsp3) is 0.750. The Morgan fingerprint density at radius 2 is 1.82 bits per heavy atom. The minimum Gasteiger partial charge on any atom is -0.326 e. The van der Waals surface area contributed by atoms with Gasteiger partial charge in [0.1, 0.15) is 7.75 Å². The number of hydrogen-bond donors (Lipinski definition) is 0. The summed E-state index contributed by atoms with van der Waals surface area (Å²) in [6.45, 7) is 15.5. The van der Waals surface area contributed by atoms with Crippen LogP contribution in [0.3, 0.4) is 0 Å². The summed E-state index contributed by atoms with van der Waals surface area (Å²) in [4.78, 5) is 0. The van der Waals surface area contributed by atoms with E-state index in [-0.39, 0.29) is 0 Å². The Morgan fingerprint density at radius 3 is 2.09 bits per heavy atom. The Bertz CT molecular complexity index is 119. The molecule has 0 aliphatic carbocycles. The van der Waals surface area contributed by atoms with Crippen LogP contribution in [0.5, 0.6) is 0 Å². The lowest BCUT2D eigenvalue weighted by Gasteiger charge is -2.34. The molecule has 0 spiro atoms. The predicted molar refractivity (Wildman–Crippen MR) is 56.4 cm³/mol. The maximum absolute atomic E-state index is 3.82. The van der Waals surface area contributed by atoms with Gasteiger partial charge in [-0.05, 0) is 13.1 Å². The largest absolute Gasteiger partial charge is 0.326 e. The maximum Gasteiger partial charge on any atom is 0.111 e. The van der Waals surface area contributed by atoms with Crippen molar-refractivity contribution < 1.29 is 0 Å². The Morgan fingerprint density at radius 1 is 1.36 bits per heavy atom. The summed E-state index contributed by atoms with van der Waals surface area (Å²) in [5, 5.41) is 0. The van der Waals surface area contributed by atoms with E-state index in [9.17, 15) is 0 Å². The molecule has 0 saturated carbocycles. The van der Waals surface area contributed by atoms with E-state index in [4.69, 9.17) is 0 Å². The van der Waals surface area contributed by atoms with Crippen LogP contribution < -0.4 is 0 Å². The lowest BCUT2D eigenvalue weighted by Crippen LogP contribution is -2.53.